The molecule has 0 aliphatic carbocycles. The van der Waals surface area contributed by atoms with Gasteiger partial charge >= 0.3 is 5.97 Å². The van der Waals surface area contributed by atoms with Crippen molar-refractivity contribution in [2.24, 2.45) is 4.99 Å². The Bertz CT molecular complexity index is 1440. The van der Waals surface area contributed by atoms with Crippen molar-refractivity contribution in [2.75, 3.05) is 13.7 Å². The van der Waals surface area contributed by atoms with E-state index in [1.54, 1.807) is 55.9 Å². The maximum absolute atomic E-state index is 13.6. The van der Waals surface area contributed by atoms with Gasteiger partial charge in [0.25, 0.3) is 5.56 Å². The molecule has 170 valence electrons. The smallest absolute Gasteiger partial charge is 0.338 e. The van der Waals surface area contributed by atoms with Crippen molar-refractivity contribution >= 4 is 50.9 Å². The highest BCUT2D eigenvalue weighted by molar-refractivity contribution is 9.10. The van der Waals surface area contributed by atoms with Gasteiger partial charge in [-0.15, -0.1) is 0 Å². The number of thiazole rings is 1. The second kappa shape index (κ2) is 9.67. The van der Waals surface area contributed by atoms with Gasteiger partial charge in [0.15, 0.2) is 4.80 Å². The Hall–Kier alpha value is -2.68. The van der Waals surface area contributed by atoms with Crippen LogP contribution in [-0.2, 0) is 9.53 Å². The fraction of sp³-hybridized carbons (Fsp3) is 0.208. The molecule has 0 spiro atoms. The molecule has 3 aromatic rings. The van der Waals surface area contributed by atoms with Gasteiger partial charge in [-0.25, -0.2) is 9.79 Å². The Kier molecular flexibility index (Phi) is 6.88. The predicted molar refractivity (Wildman–Crippen MR) is 133 cm³/mol. The molecule has 33 heavy (non-hydrogen) atoms. The van der Waals surface area contributed by atoms with Crippen LogP contribution >= 0.6 is 38.9 Å². The van der Waals surface area contributed by atoms with Crippen LogP contribution in [0.25, 0.3) is 6.08 Å². The third kappa shape index (κ3) is 4.55. The van der Waals surface area contributed by atoms with E-state index in [9.17, 15) is 9.59 Å². The number of hydrogen-bond acceptors (Lipinski definition) is 6. The van der Waals surface area contributed by atoms with E-state index >= 15 is 0 Å². The Balaban J connectivity index is 1.97. The maximum Gasteiger partial charge on any atom is 0.338 e. The summed E-state index contributed by atoms with van der Waals surface area (Å²) >= 11 is 10.8. The molecule has 0 fully saturated rings. The summed E-state index contributed by atoms with van der Waals surface area (Å²) in [5.41, 5.74) is 2.08. The second-order valence-electron chi connectivity index (χ2n) is 7.24. The van der Waals surface area contributed by atoms with Gasteiger partial charge in [-0.2, -0.15) is 0 Å². The van der Waals surface area contributed by atoms with E-state index in [1.165, 1.54) is 11.3 Å². The predicted octanol–water partition coefficient (Wildman–Crippen LogP) is 4.22. The molecule has 2 aromatic carbocycles. The largest absolute Gasteiger partial charge is 0.496 e. The average Bonchev–Trinajstić information content (AvgIpc) is 3.08. The van der Waals surface area contributed by atoms with Crippen LogP contribution in [0.15, 0.2) is 68.0 Å². The van der Waals surface area contributed by atoms with E-state index in [4.69, 9.17) is 21.1 Å². The lowest BCUT2D eigenvalue weighted by atomic mass is 9.96. The highest BCUT2D eigenvalue weighted by atomic mass is 79.9. The first kappa shape index (κ1) is 23.5. The van der Waals surface area contributed by atoms with E-state index in [0.29, 0.717) is 31.4 Å². The number of allylic oxidation sites excluding steroid dienone is 1. The van der Waals surface area contributed by atoms with Crippen LogP contribution in [0, 0.1) is 0 Å². The number of halogens is 2. The van der Waals surface area contributed by atoms with Crippen molar-refractivity contribution in [3.05, 3.63) is 94.0 Å². The molecule has 0 N–H and O–H groups in total. The Morgan fingerprint density at radius 1 is 1.27 bits per heavy atom. The third-order valence-electron chi connectivity index (χ3n) is 5.18. The van der Waals surface area contributed by atoms with Crippen molar-refractivity contribution in [3.63, 3.8) is 0 Å². The summed E-state index contributed by atoms with van der Waals surface area (Å²) in [6.07, 6.45) is 1.77. The molecular formula is C24H20BrClN2O4S. The molecule has 0 saturated heterocycles. The molecule has 0 radical (unpaired) electrons. The number of aromatic nitrogens is 1. The number of rotatable bonds is 5. The van der Waals surface area contributed by atoms with Crippen LogP contribution in [-0.4, -0.2) is 24.3 Å². The zero-order valence-electron chi connectivity index (χ0n) is 18.1. The van der Waals surface area contributed by atoms with Gasteiger partial charge in [0.1, 0.15) is 5.75 Å². The van der Waals surface area contributed by atoms with E-state index in [0.717, 1.165) is 15.6 Å². The van der Waals surface area contributed by atoms with Gasteiger partial charge in [0, 0.05) is 15.1 Å². The second-order valence-corrected chi connectivity index (χ2v) is 9.60. The van der Waals surface area contributed by atoms with Crippen molar-refractivity contribution in [1.82, 2.24) is 4.57 Å². The summed E-state index contributed by atoms with van der Waals surface area (Å²) in [7, 11) is 1.58. The number of carbonyl (C=O) groups is 1. The van der Waals surface area contributed by atoms with Crippen LogP contribution < -0.4 is 19.6 Å². The van der Waals surface area contributed by atoms with Gasteiger partial charge in [-0.3, -0.25) is 9.36 Å². The standard InChI is InChI=1S/C24H20BrClN2O4S/c1-4-32-23(30)20-13(2)27-24-28(21(20)14-5-8-17(26)9-6-14)22(29)19(33-24)12-15-11-16(25)7-10-18(15)31-3/h5-12,21H,4H2,1-3H3/b19-12+/t21-/m1/s1. The molecule has 2 heterocycles. The lowest BCUT2D eigenvalue weighted by molar-refractivity contribution is -0.139. The quantitative estimate of drug-likeness (QED) is 0.449. The molecule has 1 aromatic heterocycles. The summed E-state index contributed by atoms with van der Waals surface area (Å²) < 4.78 is 13.6. The number of fused-ring (bicyclic) bond motifs is 1. The minimum atomic E-state index is -0.677. The van der Waals surface area contributed by atoms with Crippen molar-refractivity contribution < 1.29 is 14.3 Å². The molecule has 1 aliphatic rings. The third-order valence-corrected chi connectivity index (χ3v) is 6.91. The lowest BCUT2D eigenvalue weighted by Gasteiger charge is -2.24. The highest BCUT2D eigenvalue weighted by Crippen LogP contribution is 2.31. The average molecular weight is 548 g/mol. The van der Waals surface area contributed by atoms with Gasteiger partial charge < -0.3 is 9.47 Å². The van der Waals surface area contributed by atoms with Crippen molar-refractivity contribution in [1.29, 1.82) is 0 Å². The van der Waals surface area contributed by atoms with E-state index < -0.39 is 12.0 Å². The molecule has 1 atom stereocenters. The molecule has 9 heteroatoms. The fourth-order valence-electron chi connectivity index (χ4n) is 3.71. The van der Waals surface area contributed by atoms with Gasteiger partial charge in [-0.1, -0.05) is 51.0 Å². The Labute approximate surface area is 207 Å². The minimum Gasteiger partial charge on any atom is -0.496 e. The molecule has 4 rings (SSSR count). The van der Waals surface area contributed by atoms with E-state index in [2.05, 4.69) is 20.9 Å². The Morgan fingerprint density at radius 3 is 2.67 bits per heavy atom. The summed E-state index contributed by atoms with van der Waals surface area (Å²) in [5, 5.41) is 0.561. The zero-order valence-corrected chi connectivity index (χ0v) is 21.3. The summed E-state index contributed by atoms with van der Waals surface area (Å²) in [5.74, 6) is 0.142. The highest BCUT2D eigenvalue weighted by Gasteiger charge is 2.33. The minimum absolute atomic E-state index is 0.218. The number of ether oxygens (including phenoxy) is 2. The van der Waals surface area contributed by atoms with Crippen LogP contribution in [0.4, 0.5) is 0 Å². The SMILES string of the molecule is CCOC(=O)C1=C(C)N=c2s/c(=C/c3cc(Br)ccc3OC)c(=O)n2[C@@H]1c1ccc(Cl)cc1. The summed E-state index contributed by atoms with van der Waals surface area (Å²) in [6.45, 7) is 3.71. The first-order chi connectivity index (χ1) is 15.8. The first-order valence-corrected chi connectivity index (χ1v) is 12.1. The Morgan fingerprint density at radius 2 is 2.00 bits per heavy atom. The van der Waals surface area contributed by atoms with E-state index in [1.807, 2.05) is 18.2 Å². The van der Waals surface area contributed by atoms with Crippen molar-refractivity contribution in [2.45, 2.75) is 19.9 Å². The summed E-state index contributed by atoms with van der Waals surface area (Å²) in [6, 6.07) is 12.0. The fourth-order valence-corrected chi connectivity index (χ4v) is 5.25. The molecule has 0 bridgehead atoms. The van der Waals surface area contributed by atoms with Crippen molar-refractivity contribution in [3.8, 4) is 5.75 Å². The van der Waals surface area contributed by atoms with Crippen LogP contribution in [0.5, 0.6) is 5.75 Å². The number of carbonyl (C=O) groups excluding carboxylic acids is 1. The molecular weight excluding hydrogens is 528 g/mol. The van der Waals surface area contributed by atoms with Gasteiger partial charge in [0.2, 0.25) is 0 Å². The summed E-state index contributed by atoms with van der Waals surface area (Å²) in [4.78, 5) is 31.6. The normalized spacial score (nSPS) is 15.8. The molecule has 0 saturated carbocycles. The number of hydrogen-bond donors (Lipinski definition) is 0. The molecule has 0 amide bonds. The van der Waals surface area contributed by atoms with Crippen LogP contribution in [0.1, 0.15) is 31.0 Å². The topological polar surface area (TPSA) is 69.9 Å². The number of benzene rings is 2. The van der Waals surface area contributed by atoms with Gasteiger partial charge in [-0.05, 0) is 55.8 Å². The number of methoxy groups -OCH3 is 1. The molecule has 1 aliphatic heterocycles. The zero-order chi connectivity index (χ0) is 23.7. The molecule has 0 unspecified atom stereocenters. The van der Waals surface area contributed by atoms with Gasteiger partial charge in [0.05, 0.1) is 35.6 Å². The van der Waals surface area contributed by atoms with Crippen LogP contribution in [0.3, 0.4) is 0 Å². The number of nitrogens with zero attached hydrogens (tertiary/aromatic N) is 2. The van der Waals surface area contributed by atoms with E-state index in [-0.39, 0.29) is 12.2 Å². The first-order valence-electron chi connectivity index (χ1n) is 10.1. The molecule has 6 nitrogen and oxygen atoms in total. The monoisotopic (exact) mass is 546 g/mol. The maximum atomic E-state index is 13.6. The van der Waals surface area contributed by atoms with Crippen LogP contribution in [0.2, 0.25) is 5.02 Å². The number of esters is 1. The lowest BCUT2D eigenvalue weighted by Crippen LogP contribution is -2.39.